The van der Waals surface area contributed by atoms with Gasteiger partial charge in [0, 0.05) is 16.8 Å². The summed E-state index contributed by atoms with van der Waals surface area (Å²) in [5.41, 5.74) is 1.91. The van der Waals surface area contributed by atoms with Crippen LogP contribution in [0.3, 0.4) is 0 Å². The van der Waals surface area contributed by atoms with Crippen molar-refractivity contribution < 1.29 is 18.9 Å². The molecule has 0 saturated carbocycles. The normalized spacial score (nSPS) is 21.6. The molecule has 1 unspecified atom stereocenters. The van der Waals surface area contributed by atoms with Crippen molar-refractivity contribution in [3.8, 4) is 11.8 Å². The van der Waals surface area contributed by atoms with Crippen LogP contribution in [-0.2, 0) is 15.7 Å². The summed E-state index contributed by atoms with van der Waals surface area (Å²) in [6.07, 6.45) is 0.203. The van der Waals surface area contributed by atoms with Gasteiger partial charge in [0.05, 0.1) is 44.2 Å². The number of rotatable bonds is 11. The van der Waals surface area contributed by atoms with Gasteiger partial charge >= 0.3 is 0 Å². The van der Waals surface area contributed by atoms with E-state index in [1.54, 1.807) is 28.7 Å². The molecular formula is C22H35N2O4PS2. The summed E-state index contributed by atoms with van der Waals surface area (Å²) in [6.45, 7) is 13.2. The highest BCUT2D eigenvalue weighted by Crippen LogP contribution is 2.63. The second kappa shape index (κ2) is 12.1. The van der Waals surface area contributed by atoms with Crippen molar-refractivity contribution >= 4 is 30.1 Å². The van der Waals surface area contributed by atoms with Crippen molar-refractivity contribution in [3.05, 3.63) is 29.3 Å². The molecule has 0 bridgehead atoms. The number of hydrogen-bond donors (Lipinski definition) is 1. The fourth-order valence-electron chi connectivity index (χ4n) is 3.55. The van der Waals surface area contributed by atoms with Gasteiger partial charge in [-0.25, -0.2) is 4.67 Å². The topological polar surface area (TPSA) is 75.0 Å². The average Bonchev–Trinajstić information content (AvgIpc) is 3.01. The fourth-order valence-corrected chi connectivity index (χ4v) is 9.09. The Morgan fingerprint density at radius 1 is 1.26 bits per heavy atom. The van der Waals surface area contributed by atoms with Gasteiger partial charge in [-0.3, -0.25) is 0 Å². The molecule has 2 rings (SSSR count). The first kappa shape index (κ1) is 26.7. The lowest BCUT2D eigenvalue weighted by Crippen LogP contribution is -2.39. The summed E-state index contributed by atoms with van der Waals surface area (Å²) in [4.78, 5) is 0. The molecule has 1 aliphatic rings. The molecule has 1 fully saturated rings. The van der Waals surface area contributed by atoms with Crippen LogP contribution in [0.5, 0.6) is 5.75 Å². The molecule has 9 heteroatoms. The number of methoxy groups -OCH3 is 1. The Kier molecular flexibility index (Phi) is 10.4. The van der Waals surface area contributed by atoms with E-state index < -0.39 is 8.53 Å². The SMILES string of the molecule is COc1ccc([C@H]2SSC(C)(C)[C@H]2OP(OCCC#N)N(C(C)C)C(C)C)c(CO)c1. The molecule has 1 aromatic rings. The van der Waals surface area contributed by atoms with E-state index in [0.717, 1.165) is 16.9 Å². The van der Waals surface area contributed by atoms with Crippen LogP contribution in [0.1, 0.15) is 64.3 Å². The lowest BCUT2D eigenvalue weighted by atomic mass is 9.94. The number of ether oxygens (including phenoxy) is 1. The summed E-state index contributed by atoms with van der Waals surface area (Å²) in [7, 11) is 3.85. The molecule has 174 valence electrons. The lowest BCUT2D eigenvalue weighted by molar-refractivity contribution is 0.114. The molecule has 0 spiro atoms. The molecule has 0 radical (unpaired) electrons. The van der Waals surface area contributed by atoms with Crippen molar-refractivity contribution in [2.24, 2.45) is 0 Å². The van der Waals surface area contributed by atoms with Gasteiger partial charge in [-0.05, 0) is 64.8 Å². The molecule has 1 aromatic carbocycles. The number of hydrogen-bond acceptors (Lipinski definition) is 8. The summed E-state index contributed by atoms with van der Waals surface area (Å²) in [5, 5.41) is 19.0. The number of nitriles is 1. The van der Waals surface area contributed by atoms with Crippen molar-refractivity contribution in [3.63, 3.8) is 0 Å². The Morgan fingerprint density at radius 3 is 2.48 bits per heavy atom. The monoisotopic (exact) mass is 486 g/mol. The van der Waals surface area contributed by atoms with E-state index in [1.165, 1.54) is 0 Å². The third kappa shape index (κ3) is 6.74. The lowest BCUT2D eigenvalue weighted by Gasteiger charge is -2.39. The fraction of sp³-hybridized carbons (Fsp3) is 0.682. The van der Waals surface area contributed by atoms with Crippen LogP contribution >= 0.6 is 30.1 Å². The van der Waals surface area contributed by atoms with Gasteiger partial charge in [0.1, 0.15) is 5.75 Å². The standard InChI is InChI=1S/C22H35N2O4PS2/c1-15(2)24(16(3)4)29(27-12-8-11-23)28-21-20(30-31-22(21,5)6)19-10-9-18(26-7)13-17(19)14-25/h9-10,13,15-16,20-21,25H,8,12,14H2,1-7H3/t20-,21+,29?/m1/s1. The summed E-state index contributed by atoms with van der Waals surface area (Å²) in [5.74, 6) is 0.730. The zero-order valence-corrected chi connectivity index (χ0v) is 22.0. The quantitative estimate of drug-likeness (QED) is 0.230. The summed E-state index contributed by atoms with van der Waals surface area (Å²) < 4.78 is 20.4. The van der Waals surface area contributed by atoms with E-state index >= 15 is 0 Å². The van der Waals surface area contributed by atoms with Crippen LogP contribution in [0.15, 0.2) is 18.2 Å². The zero-order chi connectivity index (χ0) is 23.2. The number of aliphatic hydroxyl groups excluding tert-OH is 1. The van der Waals surface area contributed by atoms with Crippen molar-refractivity contribution in [1.82, 2.24) is 4.67 Å². The maximum absolute atomic E-state index is 10.0. The van der Waals surface area contributed by atoms with E-state index in [4.69, 9.17) is 19.0 Å². The van der Waals surface area contributed by atoms with E-state index in [9.17, 15) is 5.11 Å². The molecule has 3 atom stereocenters. The maximum atomic E-state index is 10.0. The van der Waals surface area contributed by atoms with Gasteiger partial charge in [-0.1, -0.05) is 27.7 Å². The van der Waals surface area contributed by atoms with Gasteiger partial charge in [0.25, 0.3) is 8.53 Å². The Hall–Kier alpha value is -0.520. The number of benzene rings is 1. The minimum atomic E-state index is -1.36. The maximum Gasteiger partial charge on any atom is 0.259 e. The molecule has 1 heterocycles. The molecule has 6 nitrogen and oxygen atoms in total. The van der Waals surface area contributed by atoms with Gasteiger partial charge in [0.15, 0.2) is 0 Å². The molecule has 1 aliphatic heterocycles. The minimum absolute atomic E-state index is 0.0406. The van der Waals surface area contributed by atoms with Crippen molar-refractivity contribution in [2.45, 2.75) is 82.8 Å². The first-order valence-electron chi connectivity index (χ1n) is 10.5. The molecule has 31 heavy (non-hydrogen) atoms. The van der Waals surface area contributed by atoms with Gasteiger partial charge in [0.2, 0.25) is 0 Å². The van der Waals surface area contributed by atoms with Gasteiger partial charge in [-0.15, -0.1) is 0 Å². The molecule has 0 aromatic heterocycles. The van der Waals surface area contributed by atoms with E-state index in [-0.39, 0.29) is 34.8 Å². The molecule has 0 aliphatic carbocycles. The second-order valence-electron chi connectivity index (χ2n) is 8.50. The Morgan fingerprint density at radius 2 is 1.94 bits per heavy atom. The predicted molar refractivity (Wildman–Crippen MR) is 131 cm³/mol. The van der Waals surface area contributed by atoms with Crippen molar-refractivity contribution in [2.75, 3.05) is 13.7 Å². The zero-order valence-electron chi connectivity index (χ0n) is 19.5. The van der Waals surface area contributed by atoms with Crippen LogP contribution in [-0.4, -0.2) is 46.4 Å². The predicted octanol–water partition coefficient (Wildman–Crippen LogP) is 6.06. The molecule has 1 N–H and O–H groups in total. The molecule has 0 amide bonds. The number of nitrogens with zero attached hydrogens (tertiary/aromatic N) is 2. The Labute approximate surface area is 196 Å². The molecule has 1 saturated heterocycles. The van der Waals surface area contributed by atoms with Gasteiger partial charge in [-0.2, -0.15) is 5.26 Å². The van der Waals surface area contributed by atoms with Crippen LogP contribution in [0.4, 0.5) is 0 Å². The van der Waals surface area contributed by atoms with Crippen molar-refractivity contribution in [1.29, 1.82) is 5.26 Å². The highest BCUT2D eigenvalue weighted by Gasteiger charge is 2.48. The summed E-state index contributed by atoms with van der Waals surface area (Å²) >= 11 is 0. The second-order valence-corrected chi connectivity index (χ2v) is 12.9. The van der Waals surface area contributed by atoms with Gasteiger partial charge < -0.3 is 18.9 Å². The van der Waals surface area contributed by atoms with E-state index in [2.05, 4.69) is 52.3 Å². The highest BCUT2D eigenvalue weighted by molar-refractivity contribution is 8.77. The Bertz CT molecular complexity index is 750. The minimum Gasteiger partial charge on any atom is -0.497 e. The largest absolute Gasteiger partial charge is 0.497 e. The third-order valence-electron chi connectivity index (χ3n) is 5.02. The Balaban J connectivity index is 2.38. The first-order chi connectivity index (χ1) is 14.7. The highest BCUT2D eigenvalue weighted by atomic mass is 33.1. The van der Waals surface area contributed by atoms with E-state index in [0.29, 0.717) is 13.0 Å². The third-order valence-corrected chi connectivity index (χ3v) is 10.8. The van der Waals surface area contributed by atoms with E-state index in [1.807, 2.05) is 18.2 Å². The van der Waals surface area contributed by atoms with Crippen LogP contribution in [0.25, 0.3) is 0 Å². The summed E-state index contributed by atoms with van der Waals surface area (Å²) in [6, 6.07) is 8.49. The van der Waals surface area contributed by atoms with Crippen LogP contribution in [0.2, 0.25) is 0 Å². The average molecular weight is 487 g/mol. The number of aliphatic hydroxyl groups is 1. The molecular weight excluding hydrogens is 451 g/mol. The van der Waals surface area contributed by atoms with Crippen LogP contribution in [0, 0.1) is 11.3 Å². The first-order valence-corrected chi connectivity index (χ1v) is 13.9. The van der Waals surface area contributed by atoms with Crippen LogP contribution < -0.4 is 4.74 Å². The smallest absolute Gasteiger partial charge is 0.259 e.